The van der Waals surface area contributed by atoms with Gasteiger partial charge in [0.05, 0.1) is 30.9 Å². The minimum atomic E-state index is -0.982. The van der Waals surface area contributed by atoms with Crippen molar-refractivity contribution in [2.24, 2.45) is 11.7 Å². The quantitative estimate of drug-likeness (QED) is 0.249. The van der Waals surface area contributed by atoms with Gasteiger partial charge < -0.3 is 35.3 Å². The number of hydrogen-bond donors (Lipinski definition) is 3. The predicted molar refractivity (Wildman–Crippen MR) is 106 cm³/mol. The summed E-state index contributed by atoms with van der Waals surface area (Å²) in [5, 5.41) is 14.7. The maximum absolute atomic E-state index is 13.4. The number of nitrogens with two attached hydrogens (primary N) is 1. The SMILES string of the molecule is COC12C(CO)C3=C(C(=O)C(C)=C(OC(C=S)CCOC(N)=O)C3=O)N1CC1NC12. The summed E-state index contributed by atoms with van der Waals surface area (Å²) in [4.78, 5) is 39.2. The number of carbonyl (C=O) groups excluding carboxylic acids is 3. The summed E-state index contributed by atoms with van der Waals surface area (Å²) in [6, 6.07) is 0.0810. The van der Waals surface area contributed by atoms with Gasteiger partial charge in [-0.05, 0) is 6.92 Å². The number of fused-ring (bicyclic) bond motifs is 4. The number of thiocarbonyl (C=S) groups is 1. The third kappa shape index (κ3) is 2.80. The second-order valence-electron chi connectivity index (χ2n) is 7.68. The number of primary amides is 1. The number of aliphatic hydroxyl groups is 1. The van der Waals surface area contributed by atoms with Crippen LogP contribution in [0.2, 0.25) is 0 Å². The van der Waals surface area contributed by atoms with E-state index in [1.165, 1.54) is 19.4 Å². The van der Waals surface area contributed by atoms with Crippen LogP contribution in [-0.4, -0.2) is 83.8 Å². The molecule has 5 unspecified atom stereocenters. The highest BCUT2D eigenvalue weighted by Crippen LogP contribution is 2.55. The lowest BCUT2D eigenvalue weighted by atomic mass is 9.83. The summed E-state index contributed by atoms with van der Waals surface area (Å²) in [7, 11) is 1.52. The van der Waals surface area contributed by atoms with Crippen molar-refractivity contribution in [1.29, 1.82) is 0 Å². The normalized spacial score (nSPS) is 32.6. The zero-order valence-corrected chi connectivity index (χ0v) is 17.4. The molecule has 1 amide bonds. The maximum atomic E-state index is 13.4. The van der Waals surface area contributed by atoms with Gasteiger partial charge in [-0.3, -0.25) is 9.59 Å². The molecule has 1 aliphatic carbocycles. The number of Topliss-reactive ketones (excluding diaryl/α,β-unsaturated/α-hetero) is 2. The average Bonchev–Trinajstić information content (AvgIpc) is 3.33. The number of allylic oxidation sites excluding steroid dienone is 2. The highest BCUT2D eigenvalue weighted by Gasteiger charge is 2.72. The summed E-state index contributed by atoms with van der Waals surface area (Å²) in [6.45, 7) is 1.63. The van der Waals surface area contributed by atoms with E-state index in [0.29, 0.717) is 6.54 Å². The molecule has 10 nitrogen and oxygen atoms in total. The first-order valence-corrected chi connectivity index (χ1v) is 10.1. The molecule has 0 radical (unpaired) electrons. The van der Waals surface area contributed by atoms with Gasteiger partial charge in [0, 0.05) is 42.6 Å². The Morgan fingerprint density at radius 1 is 1.47 bits per heavy atom. The number of nitrogens with one attached hydrogen (secondary N) is 1. The van der Waals surface area contributed by atoms with Gasteiger partial charge in [0.1, 0.15) is 6.10 Å². The van der Waals surface area contributed by atoms with Gasteiger partial charge in [-0.1, -0.05) is 12.2 Å². The smallest absolute Gasteiger partial charge is 0.404 e. The number of carbonyl (C=O) groups is 3. The molecule has 3 heterocycles. The van der Waals surface area contributed by atoms with Crippen LogP contribution in [0.1, 0.15) is 13.3 Å². The van der Waals surface area contributed by atoms with Crippen LogP contribution in [0, 0.1) is 5.92 Å². The van der Waals surface area contributed by atoms with E-state index in [2.05, 4.69) is 10.1 Å². The van der Waals surface area contributed by atoms with E-state index >= 15 is 0 Å². The fourth-order valence-corrected chi connectivity index (χ4v) is 5.04. The number of aliphatic hydroxyl groups excluding tert-OH is 1. The summed E-state index contributed by atoms with van der Waals surface area (Å²) in [5.74, 6) is -1.62. The van der Waals surface area contributed by atoms with Crippen LogP contribution < -0.4 is 11.1 Å². The second kappa shape index (κ2) is 7.41. The van der Waals surface area contributed by atoms with Gasteiger partial charge in [0.15, 0.2) is 11.5 Å². The number of ketones is 2. The van der Waals surface area contributed by atoms with Crippen molar-refractivity contribution in [2.45, 2.75) is 37.3 Å². The van der Waals surface area contributed by atoms with Gasteiger partial charge in [0.25, 0.3) is 0 Å². The lowest BCUT2D eigenvalue weighted by Crippen LogP contribution is -2.54. The Labute approximate surface area is 178 Å². The molecule has 4 N–H and O–H groups in total. The zero-order valence-electron chi connectivity index (χ0n) is 16.5. The fourth-order valence-electron chi connectivity index (χ4n) is 4.85. The minimum absolute atomic E-state index is 0.0515. The van der Waals surface area contributed by atoms with E-state index in [1.54, 1.807) is 0 Å². The molecule has 4 aliphatic rings. The predicted octanol–water partition coefficient (Wildman–Crippen LogP) is -0.843. The number of methoxy groups -OCH3 is 1. The Bertz CT molecular complexity index is 901. The highest BCUT2D eigenvalue weighted by atomic mass is 32.1. The fraction of sp³-hybridized carbons (Fsp3) is 0.579. The van der Waals surface area contributed by atoms with Crippen LogP contribution in [0.5, 0.6) is 0 Å². The van der Waals surface area contributed by atoms with Crippen molar-refractivity contribution in [1.82, 2.24) is 10.2 Å². The van der Waals surface area contributed by atoms with Crippen molar-refractivity contribution in [3.8, 4) is 0 Å². The molecule has 4 rings (SSSR count). The van der Waals surface area contributed by atoms with Crippen molar-refractivity contribution >= 4 is 35.2 Å². The lowest BCUT2D eigenvalue weighted by molar-refractivity contribution is -0.137. The Morgan fingerprint density at radius 2 is 2.20 bits per heavy atom. The number of piperazine rings is 1. The van der Waals surface area contributed by atoms with Crippen LogP contribution in [0.25, 0.3) is 0 Å². The largest absolute Gasteiger partial charge is 0.481 e. The van der Waals surface area contributed by atoms with Crippen molar-refractivity contribution < 1.29 is 33.7 Å². The van der Waals surface area contributed by atoms with Gasteiger partial charge >= 0.3 is 6.09 Å². The molecule has 0 spiro atoms. The Morgan fingerprint density at radius 3 is 2.80 bits per heavy atom. The van der Waals surface area contributed by atoms with Gasteiger partial charge in [-0.2, -0.15) is 0 Å². The molecular weight excluding hydrogens is 414 g/mol. The first-order chi connectivity index (χ1) is 14.3. The Kier molecular flexibility index (Phi) is 5.17. The molecule has 162 valence electrons. The van der Waals surface area contributed by atoms with Gasteiger partial charge in [0.2, 0.25) is 11.6 Å². The van der Waals surface area contributed by atoms with E-state index in [9.17, 15) is 19.5 Å². The molecule has 11 heteroatoms. The van der Waals surface area contributed by atoms with Crippen LogP contribution in [0.4, 0.5) is 4.79 Å². The minimum Gasteiger partial charge on any atom is -0.481 e. The number of rotatable bonds is 8. The zero-order chi connectivity index (χ0) is 21.8. The van der Waals surface area contributed by atoms with Crippen LogP contribution >= 0.6 is 12.2 Å². The molecule has 3 aliphatic heterocycles. The standard InChI is InChI=1S/C19H23N3O7S/c1-8-14(24)13-12(10(6-23)19(27-2)17-11(21-17)5-22(13)19)15(25)16(8)29-9(7-30)3-4-28-18(20)26/h7,9-11,17,21,23H,3-6H2,1-2H3,(H2,20,26). The van der Waals surface area contributed by atoms with Crippen molar-refractivity contribution in [3.63, 3.8) is 0 Å². The lowest BCUT2D eigenvalue weighted by Gasteiger charge is -2.39. The molecule has 0 aromatic heterocycles. The summed E-state index contributed by atoms with van der Waals surface area (Å²) in [6.07, 6.45) is -1.51. The Hall–Kier alpha value is -2.34. The maximum Gasteiger partial charge on any atom is 0.404 e. The first kappa shape index (κ1) is 20.9. The number of hydrogen-bond acceptors (Lipinski definition) is 10. The number of amides is 1. The third-order valence-corrected chi connectivity index (χ3v) is 6.53. The summed E-state index contributed by atoms with van der Waals surface area (Å²) >= 11 is 4.96. The topological polar surface area (TPSA) is 150 Å². The molecule has 0 aromatic carbocycles. The molecule has 0 aromatic rings. The first-order valence-electron chi connectivity index (χ1n) is 9.60. The van der Waals surface area contributed by atoms with E-state index in [0.717, 1.165) is 0 Å². The van der Waals surface area contributed by atoms with E-state index in [-0.39, 0.29) is 60.1 Å². The number of nitrogens with zero attached hydrogens (tertiary/aromatic N) is 1. The number of ether oxygens (including phenoxy) is 3. The third-order valence-electron chi connectivity index (χ3n) is 6.23. The summed E-state index contributed by atoms with van der Waals surface area (Å²) < 4.78 is 16.3. The molecule has 0 bridgehead atoms. The molecular formula is C19H23N3O7S. The van der Waals surface area contributed by atoms with Crippen LogP contribution in [0.15, 0.2) is 22.6 Å². The summed E-state index contributed by atoms with van der Waals surface area (Å²) in [5.41, 5.74) is 4.60. The van der Waals surface area contributed by atoms with Crippen molar-refractivity contribution in [2.75, 3.05) is 26.9 Å². The molecule has 2 saturated heterocycles. The molecule has 0 saturated carbocycles. The molecule has 2 fully saturated rings. The van der Waals surface area contributed by atoms with E-state index in [4.69, 9.17) is 27.4 Å². The highest BCUT2D eigenvalue weighted by molar-refractivity contribution is 7.79. The second-order valence-corrected chi connectivity index (χ2v) is 7.95. The van der Waals surface area contributed by atoms with Gasteiger partial charge in [-0.25, -0.2) is 4.79 Å². The van der Waals surface area contributed by atoms with Crippen LogP contribution in [-0.2, 0) is 23.8 Å². The molecule has 30 heavy (non-hydrogen) atoms. The van der Waals surface area contributed by atoms with Crippen molar-refractivity contribution in [3.05, 3.63) is 22.6 Å². The average molecular weight is 437 g/mol. The molecule has 5 atom stereocenters. The van der Waals surface area contributed by atoms with Crippen LogP contribution in [0.3, 0.4) is 0 Å². The van der Waals surface area contributed by atoms with E-state index in [1.807, 2.05) is 4.90 Å². The van der Waals surface area contributed by atoms with E-state index < -0.39 is 29.6 Å². The van der Waals surface area contributed by atoms with Gasteiger partial charge in [-0.15, -0.1) is 0 Å². The monoisotopic (exact) mass is 437 g/mol. The Balaban J connectivity index is 1.63.